The molecule has 29 heavy (non-hydrogen) atoms. The summed E-state index contributed by atoms with van der Waals surface area (Å²) in [6.45, 7) is 0. The van der Waals surface area contributed by atoms with E-state index in [9.17, 15) is 0 Å². The van der Waals surface area contributed by atoms with Gasteiger partial charge in [-0.15, -0.1) is 4.98 Å². The van der Waals surface area contributed by atoms with Gasteiger partial charge < -0.3 is 9.47 Å². The standard InChI is InChI=1S/C23H30ClN3O2/c24-19-25-20(28-22-7-13-1-14(8-22)3-15(2-13)9-22)27-21(26-19)29-23-10-16-4-17(11-23)6-18(5-16)12-23/h13-18H,1-12H2. The van der Waals surface area contributed by atoms with Crippen molar-refractivity contribution in [3.05, 3.63) is 5.28 Å². The maximum absolute atomic E-state index is 6.53. The van der Waals surface area contributed by atoms with Crippen LogP contribution in [0, 0.1) is 35.5 Å². The minimum absolute atomic E-state index is 0.0859. The molecular weight excluding hydrogens is 386 g/mol. The lowest BCUT2D eigenvalue weighted by Crippen LogP contribution is -2.54. The normalized spacial score (nSPS) is 48.9. The molecule has 8 saturated carbocycles. The van der Waals surface area contributed by atoms with Gasteiger partial charge in [-0.1, -0.05) is 0 Å². The highest BCUT2D eigenvalue weighted by molar-refractivity contribution is 6.28. The van der Waals surface area contributed by atoms with Gasteiger partial charge in [-0.25, -0.2) is 0 Å². The second-order valence-corrected chi connectivity index (χ2v) is 11.9. The molecule has 8 fully saturated rings. The van der Waals surface area contributed by atoms with Crippen molar-refractivity contribution in [1.82, 2.24) is 15.0 Å². The number of aromatic nitrogens is 3. The van der Waals surface area contributed by atoms with Gasteiger partial charge in [-0.3, -0.25) is 0 Å². The van der Waals surface area contributed by atoms with Crippen LogP contribution in [0.1, 0.15) is 77.0 Å². The Morgan fingerprint density at radius 3 is 1.17 bits per heavy atom. The molecule has 156 valence electrons. The van der Waals surface area contributed by atoms with Gasteiger partial charge in [0.05, 0.1) is 0 Å². The Labute approximate surface area is 177 Å². The van der Waals surface area contributed by atoms with Crippen LogP contribution >= 0.6 is 11.6 Å². The average Bonchev–Trinajstić information content (AvgIpc) is 2.57. The highest BCUT2D eigenvalue weighted by Gasteiger charge is 2.54. The van der Waals surface area contributed by atoms with Gasteiger partial charge in [0.2, 0.25) is 5.28 Å². The van der Waals surface area contributed by atoms with Crippen LogP contribution in [0.25, 0.3) is 0 Å². The molecule has 0 N–H and O–H groups in total. The summed E-state index contributed by atoms with van der Waals surface area (Å²) in [7, 11) is 0. The molecule has 0 aliphatic heterocycles. The molecule has 0 unspecified atom stereocenters. The smallest absolute Gasteiger partial charge is 0.324 e. The third-order valence-electron chi connectivity index (χ3n) is 9.15. The van der Waals surface area contributed by atoms with E-state index in [0.29, 0.717) is 12.0 Å². The van der Waals surface area contributed by atoms with Gasteiger partial charge in [-0.05, 0) is 124 Å². The molecule has 6 heteroatoms. The molecule has 1 heterocycles. The van der Waals surface area contributed by atoms with E-state index in [0.717, 1.165) is 74.0 Å². The third kappa shape index (κ3) is 2.97. The van der Waals surface area contributed by atoms with Gasteiger partial charge >= 0.3 is 12.0 Å². The fourth-order valence-electron chi connectivity index (χ4n) is 9.11. The fraction of sp³-hybridized carbons (Fsp3) is 0.870. The quantitative estimate of drug-likeness (QED) is 0.674. The summed E-state index contributed by atoms with van der Waals surface area (Å²) < 4.78 is 13.1. The molecule has 0 atom stereocenters. The zero-order chi connectivity index (χ0) is 19.2. The van der Waals surface area contributed by atoms with E-state index in [2.05, 4.69) is 15.0 Å². The zero-order valence-electron chi connectivity index (χ0n) is 17.0. The van der Waals surface area contributed by atoms with Gasteiger partial charge in [-0.2, -0.15) is 9.97 Å². The highest BCUT2D eigenvalue weighted by atomic mass is 35.5. The number of nitrogens with zero attached hydrogens (tertiary/aromatic N) is 3. The monoisotopic (exact) mass is 415 g/mol. The second kappa shape index (κ2) is 5.99. The van der Waals surface area contributed by atoms with Crippen molar-refractivity contribution >= 4 is 11.6 Å². The van der Waals surface area contributed by atoms with Crippen LogP contribution in [0.4, 0.5) is 0 Å². The molecule has 0 saturated heterocycles. The lowest BCUT2D eigenvalue weighted by Gasteiger charge is -2.56. The van der Waals surface area contributed by atoms with Gasteiger partial charge in [0, 0.05) is 0 Å². The van der Waals surface area contributed by atoms with E-state index in [1.54, 1.807) is 0 Å². The summed E-state index contributed by atoms with van der Waals surface area (Å²) in [6.07, 6.45) is 15.2. The van der Waals surface area contributed by atoms with Crippen molar-refractivity contribution < 1.29 is 9.47 Å². The van der Waals surface area contributed by atoms with Crippen molar-refractivity contribution in [1.29, 1.82) is 0 Å². The molecule has 5 nitrogen and oxygen atoms in total. The van der Waals surface area contributed by atoms with E-state index in [4.69, 9.17) is 21.1 Å². The van der Waals surface area contributed by atoms with Gasteiger partial charge in [0.25, 0.3) is 0 Å². The average molecular weight is 416 g/mol. The van der Waals surface area contributed by atoms with E-state index in [1.807, 2.05) is 0 Å². The lowest BCUT2D eigenvalue weighted by molar-refractivity contribution is -0.116. The first-order valence-corrected chi connectivity index (χ1v) is 12.2. The van der Waals surface area contributed by atoms with Crippen molar-refractivity contribution in [2.45, 2.75) is 88.3 Å². The van der Waals surface area contributed by atoms with E-state index in [1.165, 1.54) is 38.5 Å². The molecule has 1 aromatic heterocycles. The molecule has 9 rings (SSSR count). The number of ether oxygens (including phenoxy) is 2. The summed E-state index contributed by atoms with van der Waals surface area (Å²) in [5, 5.41) is 0.194. The molecule has 0 amide bonds. The first-order chi connectivity index (χ1) is 14.0. The highest BCUT2D eigenvalue weighted by Crippen LogP contribution is 2.58. The van der Waals surface area contributed by atoms with Crippen molar-refractivity contribution in [2.75, 3.05) is 0 Å². The fourth-order valence-corrected chi connectivity index (χ4v) is 9.25. The summed E-state index contributed by atoms with van der Waals surface area (Å²) in [6, 6.07) is 0.762. The third-order valence-corrected chi connectivity index (χ3v) is 9.32. The molecule has 0 spiro atoms. The SMILES string of the molecule is Clc1nc(OC23CC4CC(CC(C4)C2)C3)nc(OC23CC4CC(CC(C4)C2)C3)n1. The minimum Gasteiger partial charge on any atom is -0.457 e. The topological polar surface area (TPSA) is 57.1 Å². The molecule has 8 aliphatic carbocycles. The van der Waals surface area contributed by atoms with Gasteiger partial charge in [0.15, 0.2) is 0 Å². The number of hydrogen-bond donors (Lipinski definition) is 0. The van der Waals surface area contributed by atoms with Crippen molar-refractivity contribution in [3.8, 4) is 12.0 Å². The first-order valence-electron chi connectivity index (χ1n) is 11.8. The van der Waals surface area contributed by atoms with Crippen LogP contribution in [-0.4, -0.2) is 26.2 Å². The van der Waals surface area contributed by atoms with Gasteiger partial charge in [0.1, 0.15) is 11.2 Å². The Hall–Kier alpha value is -1.10. The molecule has 0 aromatic carbocycles. The summed E-state index contributed by atoms with van der Waals surface area (Å²) >= 11 is 6.30. The minimum atomic E-state index is -0.0859. The maximum atomic E-state index is 6.53. The van der Waals surface area contributed by atoms with Crippen LogP contribution in [0.3, 0.4) is 0 Å². The first kappa shape index (κ1) is 17.6. The predicted molar refractivity (Wildman–Crippen MR) is 108 cm³/mol. The summed E-state index contributed by atoms with van der Waals surface area (Å²) in [4.78, 5) is 13.3. The number of hydrogen-bond acceptors (Lipinski definition) is 5. The predicted octanol–water partition coefficient (Wildman–Crippen LogP) is 5.22. The lowest BCUT2D eigenvalue weighted by atomic mass is 9.54. The van der Waals surface area contributed by atoms with Crippen molar-refractivity contribution in [2.24, 2.45) is 35.5 Å². The summed E-state index contributed by atoms with van der Waals surface area (Å²) in [5.74, 6) is 4.92. The van der Waals surface area contributed by atoms with Crippen LogP contribution in [-0.2, 0) is 0 Å². The second-order valence-electron chi connectivity index (χ2n) is 11.6. The zero-order valence-corrected chi connectivity index (χ0v) is 17.7. The molecule has 1 aromatic rings. The number of halogens is 1. The Bertz CT molecular complexity index is 709. The van der Waals surface area contributed by atoms with Crippen molar-refractivity contribution in [3.63, 3.8) is 0 Å². The molecule has 0 radical (unpaired) electrons. The van der Waals surface area contributed by atoms with Crippen LogP contribution in [0.15, 0.2) is 0 Å². The van der Waals surface area contributed by atoms with E-state index < -0.39 is 0 Å². The van der Waals surface area contributed by atoms with E-state index in [-0.39, 0.29) is 16.5 Å². The van der Waals surface area contributed by atoms with E-state index >= 15 is 0 Å². The van der Waals surface area contributed by atoms with Crippen LogP contribution in [0.2, 0.25) is 5.28 Å². The van der Waals surface area contributed by atoms with Crippen LogP contribution in [0.5, 0.6) is 12.0 Å². The molecule has 8 aliphatic rings. The maximum Gasteiger partial charge on any atom is 0.324 e. The van der Waals surface area contributed by atoms with Crippen LogP contribution < -0.4 is 9.47 Å². The Kier molecular flexibility index (Phi) is 3.63. The number of rotatable bonds is 4. The summed E-state index contributed by atoms with van der Waals surface area (Å²) in [5.41, 5.74) is -0.172. The Morgan fingerprint density at radius 1 is 0.552 bits per heavy atom. The molecular formula is C23H30ClN3O2. The molecule has 8 bridgehead atoms. The largest absolute Gasteiger partial charge is 0.457 e. The Balaban J connectivity index is 1.14. The Morgan fingerprint density at radius 2 is 0.862 bits per heavy atom.